The largest absolute Gasteiger partial charge is 0.497 e. The minimum absolute atomic E-state index is 0.817. The molecule has 1 N–H and O–H groups in total. The number of hydrogen-bond acceptors (Lipinski definition) is 3. The van der Waals surface area contributed by atoms with Crippen LogP contribution >= 0.6 is 11.8 Å². The Morgan fingerprint density at radius 1 is 1.36 bits per heavy atom. The van der Waals surface area contributed by atoms with Gasteiger partial charge in [-0.25, -0.2) is 0 Å². The standard InChI is InChI=1S/C11H15NOS/c1-13-10-4-2-9(3-5-10)8-14-11-6-12-7-11/h2-5,11-12H,6-8H2,1H3. The van der Waals surface area contributed by atoms with Crippen LogP contribution in [-0.4, -0.2) is 25.4 Å². The van der Waals surface area contributed by atoms with Gasteiger partial charge in [0.15, 0.2) is 0 Å². The topological polar surface area (TPSA) is 21.3 Å². The first-order valence-corrected chi connectivity index (χ1v) is 5.88. The van der Waals surface area contributed by atoms with Crippen LogP contribution in [0.1, 0.15) is 5.56 Å². The fourth-order valence-electron chi connectivity index (χ4n) is 1.32. The van der Waals surface area contributed by atoms with Gasteiger partial charge in [-0.15, -0.1) is 0 Å². The second kappa shape index (κ2) is 4.71. The minimum atomic E-state index is 0.817. The molecule has 1 fully saturated rings. The van der Waals surface area contributed by atoms with Gasteiger partial charge in [-0.2, -0.15) is 11.8 Å². The number of rotatable bonds is 4. The summed E-state index contributed by atoms with van der Waals surface area (Å²) in [6.07, 6.45) is 0. The van der Waals surface area contributed by atoms with Gasteiger partial charge in [0.2, 0.25) is 0 Å². The number of ether oxygens (including phenoxy) is 1. The normalized spacial score (nSPS) is 16.4. The minimum Gasteiger partial charge on any atom is -0.497 e. The summed E-state index contributed by atoms with van der Waals surface area (Å²) in [5.74, 6) is 2.04. The SMILES string of the molecule is COc1ccc(CSC2CNC2)cc1. The van der Waals surface area contributed by atoms with E-state index >= 15 is 0 Å². The van der Waals surface area contributed by atoms with E-state index in [2.05, 4.69) is 17.4 Å². The highest BCUT2D eigenvalue weighted by Gasteiger charge is 2.16. The van der Waals surface area contributed by atoms with Crippen molar-refractivity contribution >= 4 is 11.8 Å². The maximum absolute atomic E-state index is 5.11. The molecule has 1 aromatic carbocycles. The van der Waals surface area contributed by atoms with Crippen molar-refractivity contribution in [3.05, 3.63) is 29.8 Å². The van der Waals surface area contributed by atoms with Crippen LogP contribution in [-0.2, 0) is 5.75 Å². The molecule has 3 heteroatoms. The number of hydrogen-bond donors (Lipinski definition) is 1. The molecular formula is C11H15NOS. The Morgan fingerprint density at radius 2 is 2.07 bits per heavy atom. The van der Waals surface area contributed by atoms with E-state index in [0.29, 0.717) is 0 Å². The summed E-state index contributed by atoms with van der Waals surface area (Å²) in [5, 5.41) is 4.09. The maximum Gasteiger partial charge on any atom is 0.118 e. The predicted octanol–water partition coefficient (Wildman–Crippen LogP) is 1.90. The van der Waals surface area contributed by atoms with Crippen LogP contribution in [0.5, 0.6) is 5.75 Å². The smallest absolute Gasteiger partial charge is 0.118 e. The lowest BCUT2D eigenvalue weighted by atomic mass is 10.2. The summed E-state index contributed by atoms with van der Waals surface area (Å²) in [7, 11) is 1.70. The van der Waals surface area contributed by atoms with E-state index in [0.717, 1.165) is 16.8 Å². The monoisotopic (exact) mass is 209 g/mol. The zero-order valence-corrected chi connectivity index (χ0v) is 9.14. The second-order valence-electron chi connectivity index (χ2n) is 3.44. The van der Waals surface area contributed by atoms with E-state index in [1.807, 2.05) is 23.9 Å². The highest BCUT2D eigenvalue weighted by atomic mass is 32.2. The van der Waals surface area contributed by atoms with Gasteiger partial charge < -0.3 is 10.1 Å². The molecule has 1 aromatic rings. The van der Waals surface area contributed by atoms with Gasteiger partial charge in [-0.1, -0.05) is 12.1 Å². The summed E-state index contributed by atoms with van der Waals surface area (Å²) in [6.45, 7) is 2.33. The van der Waals surface area contributed by atoms with Gasteiger partial charge in [0, 0.05) is 24.1 Å². The summed E-state index contributed by atoms with van der Waals surface area (Å²) in [5.41, 5.74) is 1.38. The van der Waals surface area contributed by atoms with E-state index in [9.17, 15) is 0 Å². The molecule has 1 saturated heterocycles. The van der Waals surface area contributed by atoms with Crippen LogP contribution in [0.25, 0.3) is 0 Å². The van der Waals surface area contributed by atoms with Gasteiger partial charge >= 0.3 is 0 Å². The van der Waals surface area contributed by atoms with Crippen molar-refractivity contribution in [2.45, 2.75) is 11.0 Å². The third-order valence-electron chi connectivity index (χ3n) is 2.39. The highest BCUT2D eigenvalue weighted by Crippen LogP contribution is 2.21. The van der Waals surface area contributed by atoms with Crippen molar-refractivity contribution in [1.29, 1.82) is 0 Å². The van der Waals surface area contributed by atoms with Gasteiger partial charge in [0.25, 0.3) is 0 Å². The number of methoxy groups -OCH3 is 1. The van der Waals surface area contributed by atoms with E-state index in [-0.39, 0.29) is 0 Å². The fraction of sp³-hybridized carbons (Fsp3) is 0.455. The number of benzene rings is 1. The van der Waals surface area contributed by atoms with Crippen LogP contribution in [0, 0.1) is 0 Å². The number of nitrogens with one attached hydrogen (secondary N) is 1. The molecule has 0 radical (unpaired) electrons. The molecular weight excluding hydrogens is 194 g/mol. The zero-order valence-electron chi connectivity index (χ0n) is 8.32. The van der Waals surface area contributed by atoms with Gasteiger partial charge in [0.1, 0.15) is 5.75 Å². The fourth-order valence-corrected chi connectivity index (χ4v) is 2.41. The van der Waals surface area contributed by atoms with E-state index in [1.165, 1.54) is 18.7 Å². The van der Waals surface area contributed by atoms with Crippen LogP contribution in [0.3, 0.4) is 0 Å². The molecule has 0 saturated carbocycles. The summed E-state index contributed by atoms with van der Waals surface area (Å²) >= 11 is 2.03. The lowest BCUT2D eigenvalue weighted by Crippen LogP contribution is -2.44. The van der Waals surface area contributed by atoms with E-state index < -0.39 is 0 Å². The first-order valence-electron chi connectivity index (χ1n) is 4.84. The lowest BCUT2D eigenvalue weighted by Gasteiger charge is -2.26. The Bertz CT molecular complexity index is 282. The Morgan fingerprint density at radius 3 is 2.57 bits per heavy atom. The second-order valence-corrected chi connectivity index (χ2v) is 4.73. The van der Waals surface area contributed by atoms with Crippen molar-refractivity contribution in [2.75, 3.05) is 20.2 Å². The molecule has 1 heterocycles. The van der Waals surface area contributed by atoms with Crippen LogP contribution < -0.4 is 10.1 Å². The molecule has 2 rings (SSSR count). The first-order chi connectivity index (χ1) is 6.88. The molecule has 76 valence electrons. The molecule has 0 atom stereocenters. The quantitative estimate of drug-likeness (QED) is 0.818. The Balaban J connectivity index is 1.83. The number of thioether (sulfide) groups is 1. The van der Waals surface area contributed by atoms with E-state index in [1.54, 1.807) is 7.11 Å². The van der Waals surface area contributed by atoms with Crippen molar-refractivity contribution < 1.29 is 4.74 Å². The van der Waals surface area contributed by atoms with Crippen molar-refractivity contribution in [3.63, 3.8) is 0 Å². The summed E-state index contributed by atoms with van der Waals surface area (Å²) in [6, 6.07) is 8.32. The average Bonchev–Trinajstić information content (AvgIpc) is 2.16. The van der Waals surface area contributed by atoms with Crippen molar-refractivity contribution in [2.24, 2.45) is 0 Å². The molecule has 0 aliphatic carbocycles. The average molecular weight is 209 g/mol. The highest BCUT2D eigenvalue weighted by molar-refractivity contribution is 7.99. The summed E-state index contributed by atoms with van der Waals surface area (Å²) in [4.78, 5) is 0. The Labute approximate surface area is 89.0 Å². The Kier molecular flexibility index (Phi) is 3.32. The molecule has 0 aromatic heterocycles. The summed E-state index contributed by atoms with van der Waals surface area (Å²) < 4.78 is 5.11. The molecule has 14 heavy (non-hydrogen) atoms. The van der Waals surface area contributed by atoms with Crippen molar-refractivity contribution in [1.82, 2.24) is 5.32 Å². The van der Waals surface area contributed by atoms with Crippen LogP contribution in [0.2, 0.25) is 0 Å². The van der Waals surface area contributed by atoms with Crippen molar-refractivity contribution in [3.8, 4) is 5.75 Å². The van der Waals surface area contributed by atoms with Crippen LogP contribution in [0.4, 0.5) is 0 Å². The molecule has 1 aliphatic heterocycles. The third-order valence-corrected chi connectivity index (χ3v) is 3.69. The predicted molar refractivity (Wildman–Crippen MR) is 60.9 cm³/mol. The zero-order chi connectivity index (χ0) is 9.80. The molecule has 0 bridgehead atoms. The molecule has 0 spiro atoms. The molecule has 1 aliphatic rings. The van der Waals surface area contributed by atoms with E-state index in [4.69, 9.17) is 4.74 Å². The lowest BCUT2D eigenvalue weighted by molar-refractivity contribution is 0.414. The third kappa shape index (κ3) is 2.42. The van der Waals surface area contributed by atoms with Gasteiger partial charge in [-0.05, 0) is 17.7 Å². The van der Waals surface area contributed by atoms with Crippen LogP contribution in [0.15, 0.2) is 24.3 Å². The van der Waals surface area contributed by atoms with Gasteiger partial charge in [0.05, 0.1) is 7.11 Å². The Hall–Kier alpha value is -0.670. The molecule has 0 unspecified atom stereocenters. The maximum atomic E-state index is 5.11. The van der Waals surface area contributed by atoms with Gasteiger partial charge in [-0.3, -0.25) is 0 Å². The molecule has 2 nitrogen and oxygen atoms in total. The first kappa shape index (κ1) is 9.87. The molecule has 0 amide bonds.